The molecule has 0 bridgehead atoms. The quantitative estimate of drug-likeness (QED) is 0.538. The summed E-state index contributed by atoms with van der Waals surface area (Å²) >= 11 is 7.62. The van der Waals surface area contributed by atoms with Crippen molar-refractivity contribution in [3.8, 4) is 11.8 Å². The van der Waals surface area contributed by atoms with Crippen molar-refractivity contribution in [1.29, 1.82) is 0 Å². The lowest BCUT2D eigenvalue weighted by molar-refractivity contribution is 1.42. The number of benzene rings is 2. The first-order chi connectivity index (χ1) is 8.29. The molecule has 2 rings (SSSR count). The molecule has 0 atom stereocenters. The Bertz CT molecular complexity index is 579. The normalized spacial score (nSPS) is 9.53. The van der Waals surface area contributed by atoms with Crippen molar-refractivity contribution < 1.29 is 0 Å². The van der Waals surface area contributed by atoms with E-state index in [0.29, 0.717) is 0 Å². The summed E-state index contributed by atoms with van der Waals surface area (Å²) in [6.45, 7) is 0. The molecule has 17 heavy (non-hydrogen) atoms. The predicted octanol–water partition coefficient (Wildman–Crippen LogP) is 4.46. The minimum Gasteiger partial charge on any atom is -0.128 e. The summed E-state index contributed by atoms with van der Waals surface area (Å²) in [7, 11) is 0. The van der Waals surface area contributed by atoms with Crippen LogP contribution in [0.15, 0.2) is 53.4 Å². The molecular weight excluding hydrogens is 248 g/mol. The Kier molecular flexibility index (Phi) is 4.14. The van der Waals surface area contributed by atoms with Crippen LogP contribution in [0.5, 0.6) is 0 Å². The van der Waals surface area contributed by atoms with Gasteiger partial charge in [-0.25, -0.2) is 0 Å². The summed E-state index contributed by atoms with van der Waals surface area (Å²) in [6.07, 6.45) is 2.06. The molecule has 0 aliphatic carbocycles. The molecule has 0 nitrogen and oxygen atoms in total. The molecule has 2 heteroatoms. The number of hydrogen-bond acceptors (Lipinski definition) is 1. The lowest BCUT2D eigenvalue weighted by Crippen LogP contribution is -1.80. The molecular formula is C15H11ClS. The van der Waals surface area contributed by atoms with E-state index in [1.54, 1.807) is 11.8 Å². The van der Waals surface area contributed by atoms with E-state index >= 15 is 0 Å². The molecule has 0 amide bonds. The van der Waals surface area contributed by atoms with Gasteiger partial charge in [0.05, 0.1) is 0 Å². The van der Waals surface area contributed by atoms with E-state index < -0.39 is 0 Å². The minimum absolute atomic E-state index is 0.718. The van der Waals surface area contributed by atoms with Crippen molar-refractivity contribution in [3.05, 3.63) is 64.7 Å². The maximum absolute atomic E-state index is 5.91. The van der Waals surface area contributed by atoms with Crippen molar-refractivity contribution in [1.82, 2.24) is 0 Å². The summed E-state index contributed by atoms with van der Waals surface area (Å²) in [5.41, 5.74) is 1.99. The molecule has 0 saturated carbocycles. The number of halogens is 1. The predicted molar refractivity (Wildman–Crippen MR) is 75.7 cm³/mol. The van der Waals surface area contributed by atoms with E-state index in [1.165, 1.54) is 4.90 Å². The summed E-state index contributed by atoms with van der Waals surface area (Å²) < 4.78 is 0. The van der Waals surface area contributed by atoms with Crippen LogP contribution in [0.4, 0.5) is 0 Å². The Morgan fingerprint density at radius 2 is 1.82 bits per heavy atom. The molecule has 84 valence electrons. The van der Waals surface area contributed by atoms with Crippen LogP contribution in [0, 0.1) is 11.8 Å². The molecule has 2 aromatic carbocycles. The van der Waals surface area contributed by atoms with Crippen molar-refractivity contribution in [2.45, 2.75) is 4.90 Å². The first-order valence-corrected chi connectivity index (χ1v) is 6.80. The van der Waals surface area contributed by atoms with E-state index in [-0.39, 0.29) is 0 Å². The minimum atomic E-state index is 0.718. The van der Waals surface area contributed by atoms with Crippen LogP contribution in [0.1, 0.15) is 11.1 Å². The van der Waals surface area contributed by atoms with Crippen LogP contribution in [0.3, 0.4) is 0 Å². The molecule has 0 aromatic heterocycles. The van der Waals surface area contributed by atoms with Gasteiger partial charge >= 0.3 is 0 Å². The van der Waals surface area contributed by atoms with Gasteiger partial charge in [0, 0.05) is 21.0 Å². The maximum Gasteiger partial charge on any atom is 0.0418 e. The van der Waals surface area contributed by atoms with Gasteiger partial charge in [-0.1, -0.05) is 41.6 Å². The molecule has 0 N–H and O–H groups in total. The summed E-state index contributed by atoms with van der Waals surface area (Å²) in [6, 6.07) is 15.7. The topological polar surface area (TPSA) is 0 Å². The summed E-state index contributed by atoms with van der Waals surface area (Å²) in [5.74, 6) is 6.31. The van der Waals surface area contributed by atoms with Crippen LogP contribution < -0.4 is 0 Å². The van der Waals surface area contributed by atoms with Gasteiger partial charge in [0.15, 0.2) is 0 Å². The zero-order valence-electron chi connectivity index (χ0n) is 9.41. The van der Waals surface area contributed by atoms with Crippen LogP contribution in [-0.2, 0) is 0 Å². The molecule has 0 radical (unpaired) electrons. The Morgan fingerprint density at radius 3 is 2.59 bits per heavy atom. The molecule has 0 heterocycles. The third-order valence-corrected chi connectivity index (χ3v) is 3.30. The molecule has 0 spiro atoms. The fourth-order valence-corrected chi connectivity index (χ4v) is 2.20. The highest BCUT2D eigenvalue weighted by molar-refractivity contribution is 7.98. The van der Waals surface area contributed by atoms with E-state index in [1.807, 2.05) is 42.5 Å². The van der Waals surface area contributed by atoms with Gasteiger partial charge < -0.3 is 0 Å². The number of hydrogen-bond donors (Lipinski definition) is 0. The Balaban J connectivity index is 2.33. The molecule has 0 fully saturated rings. The Labute approximate surface area is 111 Å². The second-order valence-electron chi connectivity index (χ2n) is 3.46. The monoisotopic (exact) mass is 258 g/mol. The van der Waals surface area contributed by atoms with Crippen molar-refractivity contribution in [2.24, 2.45) is 0 Å². The molecule has 0 aliphatic heterocycles. The van der Waals surface area contributed by atoms with Gasteiger partial charge in [-0.05, 0) is 36.6 Å². The van der Waals surface area contributed by atoms with Gasteiger partial charge in [-0.3, -0.25) is 0 Å². The highest BCUT2D eigenvalue weighted by atomic mass is 35.5. The van der Waals surface area contributed by atoms with Crippen LogP contribution in [0.25, 0.3) is 0 Å². The molecule has 0 saturated heterocycles. The second kappa shape index (κ2) is 5.82. The lowest BCUT2D eigenvalue weighted by Gasteiger charge is -1.98. The lowest BCUT2D eigenvalue weighted by atomic mass is 10.2. The van der Waals surface area contributed by atoms with Crippen molar-refractivity contribution >= 4 is 23.4 Å². The van der Waals surface area contributed by atoms with Crippen LogP contribution in [-0.4, -0.2) is 6.26 Å². The third kappa shape index (κ3) is 3.30. The fraction of sp³-hybridized carbons (Fsp3) is 0.0667. The highest BCUT2D eigenvalue weighted by Gasteiger charge is 1.95. The van der Waals surface area contributed by atoms with Gasteiger partial charge in [0.25, 0.3) is 0 Å². The SMILES string of the molecule is CSc1ccccc1C#Cc1cccc(Cl)c1. The molecule has 0 unspecified atom stereocenters. The molecule has 0 aliphatic rings. The summed E-state index contributed by atoms with van der Waals surface area (Å²) in [4.78, 5) is 1.20. The van der Waals surface area contributed by atoms with Gasteiger partial charge in [0.1, 0.15) is 0 Å². The van der Waals surface area contributed by atoms with E-state index in [0.717, 1.165) is 16.1 Å². The standard InChI is InChI=1S/C15H11ClS/c1-17-15-8-3-2-6-13(15)10-9-12-5-4-7-14(16)11-12/h2-8,11H,1H3. The smallest absolute Gasteiger partial charge is 0.0418 e. The number of rotatable bonds is 1. The van der Waals surface area contributed by atoms with Gasteiger partial charge in [0.2, 0.25) is 0 Å². The van der Waals surface area contributed by atoms with E-state index in [9.17, 15) is 0 Å². The van der Waals surface area contributed by atoms with Crippen LogP contribution >= 0.6 is 23.4 Å². The fourth-order valence-electron chi connectivity index (χ4n) is 1.45. The van der Waals surface area contributed by atoms with Crippen LogP contribution in [0.2, 0.25) is 5.02 Å². The van der Waals surface area contributed by atoms with Crippen molar-refractivity contribution in [3.63, 3.8) is 0 Å². The van der Waals surface area contributed by atoms with E-state index in [4.69, 9.17) is 11.6 Å². The third-order valence-electron chi connectivity index (χ3n) is 2.27. The Morgan fingerprint density at radius 1 is 1.00 bits per heavy atom. The summed E-state index contributed by atoms with van der Waals surface area (Å²) in [5, 5.41) is 0.718. The largest absolute Gasteiger partial charge is 0.128 e. The second-order valence-corrected chi connectivity index (χ2v) is 4.75. The van der Waals surface area contributed by atoms with Crippen molar-refractivity contribution in [2.75, 3.05) is 6.26 Å². The zero-order valence-corrected chi connectivity index (χ0v) is 11.0. The van der Waals surface area contributed by atoms with Gasteiger partial charge in [-0.2, -0.15) is 0 Å². The average molecular weight is 259 g/mol. The average Bonchev–Trinajstić information content (AvgIpc) is 2.37. The maximum atomic E-state index is 5.91. The molecule has 2 aromatic rings. The first-order valence-electron chi connectivity index (χ1n) is 5.20. The van der Waals surface area contributed by atoms with Gasteiger partial charge in [-0.15, -0.1) is 11.8 Å². The van der Waals surface area contributed by atoms with E-state index in [2.05, 4.69) is 24.2 Å². The zero-order chi connectivity index (χ0) is 12.1. The first kappa shape index (κ1) is 12.1. The Hall–Kier alpha value is -1.36. The number of thioether (sulfide) groups is 1. The highest BCUT2D eigenvalue weighted by Crippen LogP contribution is 2.18.